The van der Waals surface area contributed by atoms with Gasteiger partial charge in [-0.05, 0) is 42.4 Å². The maximum atomic E-state index is 4.46. The summed E-state index contributed by atoms with van der Waals surface area (Å²) in [4.78, 5) is 11.2. The molecular weight excluding hydrogens is 294 g/mol. The summed E-state index contributed by atoms with van der Waals surface area (Å²) in [6.07, 6.45) is 8.16. The Labute approximate surface area is 114 Å². The summed E-state index contributed by atoms with van der Waals surface area (Å²) < 4.78 is 2.79. The highest BCUT2D eigenvalue weighted by atomic mass is 79.9. The minimum atomic E-state index is 0.598. The molecule has 3 heterocycles. The third-order valence-electron chi connectivity index (χ3n) is 3.52. The van der Waals surface area contributed by atoms with E-state index < -0.39 is 0 Å². The molecule has 0 saturated carbocycles. The summed E-state index contributed by atoms with van der Waals surface area (Å²) in [6, 6.07) is 0.598. The molecule has 2 aromatic rings. The Morgan fingerprint density at radius 3 is 3.22 bits per heavy atom. The molecule has 0 radical (unpaired) electrons. The molecule has 0 aliphatic carbocycles. The Bertz CT molecular complexity index is 552. The van der Waals surface area contributed by atoms with Crippen LogP contribution in [0.3, 0.4) is 0 Å². The van der Waals surface area contributed by atoms with Crippen molar-refractivity contribution in [2.24, 2.45) is 0 Å². The Balaban J connectivity index is 1.79. The SMILES string of the molecule is CN1CCCC1CNc1nc(Br)cn2ccnc12. The maximum Gasteiger partial charge on any atom is 0.180 e. The number of nitrogens with zero attached hydrogens (tertiary/aromatic N) is 4. The zero-order chi connectivity index (χ0) is 12.5. The van der Waals surface area contributed by atoms with Crippen LogP contribution in [0.25, 0.3) is 5.65 Å². The monoisotopic (exact) mass is 309 g/mol. The lowest BCUT2D eigenvalue weighted by atomic mass is 10.2. The molecule has 96 valence electrons. The number of imidazole rings is 1. The number of likely N-dealkylation sites (N-methyl/N-ethyl adjacent to an activating group) is 1. The molecule has 0 aromatic carbocycles. The summed E-state index contributed by atoms with van der Waals surface area (Å²) in [5.41, 5.74) is 0.874. The smallest absolute Gasteiger partial charge is 0.180 e. The lowest BCUT2D eigenvalue weighted by Crippen LogP contribution is -2.31. The highest BCUT2D eigenvalue weighted by Crippen LogP contribution is 2.19. The Hall–Kier alpha value is -1.14. The van der Waals surface area contributed by atoms with Gasteiger partial charge in [-0.2, -0.15) is 0 Å². The Morgan fingerprint density at radius 1 is 1.56 bits per heavy atom. The van der Waals surface area contributed by atoms with Gasteiger partial charge < -0.3 is 14.6 Å². The van der Waals surface area contributed by atoms with E-state index in [1.54, 1.807) is 6.20 Å². The summed E-state index contributed by atoms with van der Waals surface area (Å²) in [5, 5.41) is 3.42. The van der Waals surface area contributed by atoms with Crippen LogP contribution < -0.4 is 5.32 Å². The zero-order valence-corrected chi connectivity index (χ0v) is 11.9. The van der Waals surface area contributed by atoms with Gasteiger partial charge in [-0.25, -0.2) is 9.97 Å². The second-order valence-corrected chi connectivity index (χ2v) is 5.54. The van der Waals surface area contributed by atoms with Gasteiger partial charge in [0.15, 0.2) is 11.5 Å². The molecule has 0 bridgehead atoms. The van der Waals surface area contributed by atoms with Crippen LogP contribution in [0.5, 0.6) is 0 Å². The van der Waals surface area contributed by atoms with E-state index in [2.05, 4.69) is 43.2 Å². The van der Waals surface area contributed by atoms with Crippen LogP contribution in [-0.4, -0.2) is 45.4 Å². The Morgan fingerprint density at radius 2 is 2.44 bits per heavy atom. The first kappa shape index (κ1) is 11.9. The van der Waals surface area contributed by atoms with Crippen LogP contribution in [0.15, 0.2) is 23.2 Å². The minimum Gasteiger partial charge on any atom is -0.365 e. The topological polar surface area (TPSA) is 45.5 Å². The minimum absolute atomic E-state index is 0.598. The highest BCUT2D eigenvalue weighted by Gasteiger charge is 2.20. The van der Waals surface area contributed by atoms with Gasteiger partial charge in [-0.3, -0.25) is 0 Å². The number of halogens is 1. The second kappa shape index (κ2) is 4.85. The number of nitrogens with one attached hydrogen (secondary N) is 1. The number of likely N-dealkylation sites (tertiary alicyclic amines) is 1. The van der Waals surface area contributed by atoms with Gasteiger partial charge in [0.05, 0.1) is 0 Å². The van der Waals surface area contributed by atoms with E-state index in [0.717, 1.165) is 22.6 Å². The van der Waals surface area contributed by atoms with Crippen LogP contribution in [-0.2, 0) is 0 Å². The van der Waals surface area contributed by atoms with Crippen LogP contribution in [0, 0.1) is 0 Å². The van der Waals surface area contributed by atoms with Gasteiger partial charge in [0, 0.05) is 31.2 Å². The van der Waals surface area contributed by atoms with E-state index in [1.165, 1.54) is 19.4 Å². The van der Waals surface area contributed by atoms with E-state index in [-0.39, 0.29) is 0 Å². The number of fused-ring (bicyclic) bond motifs is 1. The fourth-order valence-corrected chi connectivity index (χ4v) is 2.87. The predicted molar refractivity (Wildman–Crippen MR) is 74.8 cm³/mol. The van der Waals surface area contributed by atoms with E-state index in [0.29, 0.717) is 6.04 Å². The Kier molecular flexibility index (Phi) is 3.22. The summed E-state index contributed by atoms with van der Waals surface area (Å²) in [7, 11) is 2.18. The molecule has 2 aromatic heterocycles. The summed E-state index contributed by atoms with van der Waals surface area (Å²) >= 11 is 3.42. The van der Waals surface area contributed by atoms with Crippen molar-refractivity contribution >= 4 is 27.4 Å². The number of aromatic nitrogens is 3. The molecule has 1 saturated heterocycles. The molecule has 1 fully saturated rings. The van der Waals surface area contributed by atoms with Crippen LogP contribution in [0.4, 0.5) is 5.82 Å². The van der Waals surface area contributed by atoms with E-state index in [1.807, 2.05) is 16.8 Å². The summed E-state index contributed by atoms with van der Waals surface area (Å²) in [5.74, 6) is 0.842. The predicted octanol–water partition coefficient (Wildman–Crippen LogP) is 2.00. The normalized spacial score (nSPS) is 20.7. The molecule has 0 amide bonds. The van der Waals surface area contributed by atoms with Gasteiger partial charge in [0.2, 0.25) is 0 Å². The van der Waals surface area contributed by atoms with Crippen molar-refractivity contribution in [3.8, 4) is 0 Å². The largest absolute Gasteiger partial charge is 0.365 e. The fourth-order valence-electron chi connectivity index (χ4n) is 2.47. The van der Waals surface area contributed by atoms with Crippen molar-refractivity contribution in [3.05, 3.63) is 23.2 Å². The average molecular weight is 310 g/mol. The molecule has 1 N–H and O–H groups in total. The first-order valence-corrected chi connectivity index (χ1v) is 6.96. The molecule has 1 aliphatic rings. The van der Waals surface area contributed by atoms with E-state index >= 15 is 0 Å². The molecule has 5 nitrogen and oxygen atoms in total. The maximum absolute atomic E-state index is 4.46. The number of hydrogen-bond donors (Lipinski definition) is 1. The van der Waals surface area contributed by atoms with Crippen LogP contribution in [0.2, 0.25) is 0 Å². The molecule has 1 aliphatic heterocycles. The standard InChI is InChI=1S/C12H16BrN5/c1-17-5-2-3-9(17)7-15-11-12-14-4-6-18(12)8-10(13)16-11/h4,6,8-9H,2-3,5,7H2,1H3,(H,15,16). The van der Waals surface area contributed by atoms with Gasteiger partial charge in [0.25, 0.3) is 0 Å². The van der Waals surface area contributed by atoms with Crippen molar-refractivity contribution in [1.82, 2.24) is 19.3 Å². The average Bonchev–Trinajstić information content (AvgIpc) is 2.94. The molecule has 18 heavy (non-hydrogen) atoms. The third kappa shape index (κ3) is 2.22. The second-order valence-electron chi connectivity index (χ2n) is 4.73. The lowest BCUT2D eigenvalue weighted by Gasteiger charge is -2.20. The quantitative estimate of drug-likeness (QED) is 0.942. The summed E-state index contributed by atoms with van der Waals surface area (Å²) in [6.45, 7) is 2.11. The van der Waals surface area contributed by atoms with Gasteiger partial charge >= 0.3 is 0 Å². The third-order valence-corrected chi connectivity index (χ3v) is 3.90. The van der Waals surface area contributed by atoms with Crippen LogP contribution >= 0.6 is 15.9 Å². The van der Waals surface area contributed by atoms with Gasteiger partial charge in [-0.1, -0.05) is 0 Å². The van der Waals surface area contributed by atoms with Crippen molar-refractivity contribution in [3.63, 3.8) is 0 Å². The van der Waals surface area contributed by atoms with Crippen molar-refractivity contribution < 1.29 is 0 Å². The molecule has 3 rings (SSSR count). The fraction of sp³-hybridized carbons (Fsp3) is 0.500. The van der Waals surface area contributed by atoms with Crippen molar-refractivity contribution in [1.29, 1.82) is 0 Å². The first-order chi connectivity index (χ1) is 8.74. The van der Waals surface area contributed by atoms with Crippen molar-refractivity contribution in [2.75, 3.05) is 25.5 Å². The molecular formula is C12H16BrN5. The number of rotatable bonds is 3. The first-order valence-electron chi connectivity index (χ1n) is 6.17. The van der Waals surface area contributed by atoms with Crippen molar-refractivity contribution in [2.45, 2.75) is 18.9 Å². The van der Waals surface area contributed by atoms with E-state index in [4.69, 9.17) is 0 Å². The molecule has 6 heteroatoms. The van der Waals surface area contributed by atoms with Crippen LogP contribution in [0.1, 0.15) is 12.8 Å². The number of anilines is 1. The number of hydrogen-bond acceptors (Lipinski definition) is 4. The molecule has 0 spiro atoms. The highest BCUT2D eigenvalue weighted by molar-refractivity contribution is 9.10. The molecule has 1 atom stereocenters. The zero-order valence-electron chi connectivity index (χ0n) is 10.3. The van der Waals surface area contributed by atoms with Gasteiger partial charge in [0.1, 0.15) is 4.60 Å². The van der Waals surface area contributed by atoms with E-state index in [9.17, 15) is 0 Å². The lowest BCUT2D eigenvalue weighted by molar-refractivity contribution is 0.322. The molecule has 1 unspecified atom stereocenters. The van der Waals surface area contributed by atoms with Gasteiger partial charge in [-0.15, -0.1) is 0 Å².